The number of methoxy groups -OCH3 is 2. The summed E-state index contributed by atoms with van der Waals surface area (Å²) in [6.07, 6.45) is 6.76. The summed E-state index contributed by atoms with van der Waals surface area (Å²) in [6.45, 7) is 2.28. The minimum atomic E-state index is -0.169. The van der Waals surface area contributed by atoms with Gasteiger partial charge in [-0.15, -0.1) is 0 Å². The van der Waals surface area contributed by atoms with Crippen molar-refractivity contribution in [3.05, 3.63) is 53.1 Å². The van der Waals surface area contributed by atoms with Gasteiger partial charge in [0.15, 0.2) is 11.5 Å². The van der Waals surface area contributed by atoms with Crippen LogP contribution in [-0.4, -0.2) is 50.3 Å². The number of nitrogens with zero attached hydrogens (tertiary/aromatic N) is 1. The highest BCUT2D eigenvalue weighted by atomic mass is 35.5. The monoisotopic (exact) mass is 483 g/mol. The van der Waals surface area contributed by atoms with Crippen LogP contribution in [0.25, 0.3) is 0 Å². The number of amides is 2. The SMILES string of the molecule is COc1ccc([C@@]23CC[C@H](NC(=O)Nc4cccc(Cl)c4)C[C@H]2N(CC2CC2)CC3)cc1OC. The van der Waals surface area contributed by atoms with E-state index in [1.807, 2.05) is 18.2 Å². The van der Waals surface area contributed by atoms with E-state index in [1.54, 1.807) is 26.4 Å². The largest absolute Gasteiger partial charge is 0.493 e. The maximum Gasteiger partial charge on any atom is 0.319 e. The number of nitrogens with one attached hydrogen (secondary N) is 2. The Morgan fingerprint density at radius 1 is 1.09 bits per heavy atom. The molecule has 2 N–H and O–H groups in total. The van der Waals surface area contributed by atoms with Crippen molar-refractivity contribution < 1.29 is 14.3 Å². The number of rotatable bonds is 7. The molecule has 0 radical (unpaired) electrons. The van der Waals surface area contributed by atoms with E-state index in [4.69, 9.17) is 21.1 Å². The second kappa shape index (κ2) is 9.67. The fraction of sp³-hybridized carbons (Fsp3) is 0.519. The fourth-order valence-corrected chi connectivity index (χ4v) is 6.22. The minimum absolute atomic E-state index is 0.0794. The number of halogens is 1. The Labute approximate surface area is 206 Å². The van der Waals surface area contributed by atoms with Crippen molar-refractivity contribution in [2.24, 2.45) is 5.92 Å². The van der Waals surface area contributed by atoms with E-state index in [2.05, 4.69) is 27.7 Å². The first-order valence-electron chi connectivity index (χ1n) is 12.3. The third kappa shape index (κ3) is 4.71. The van der Waals surface area contributed by atoms with Crippen molar-refractivity contribution in [2.75, 3.05) is 32.6 Å². The van der Waals surface area contributed by atoms with Gasteiger partial charge in [0.25, 0.3) is 0 Å². The third-order valence-electron chi connectivity index (χ3n) is 7.94. The molecule has 3 aliphatic rings. The number of fused-ring (bicyclic) bond motifs is 1. The Hall–Kier alpha value is -2.44. The number of anilines is 1. The lowest BCUT2D eigenvalue weighted by Crippen LogP contribution is -2.53. The third-order valence-corrected chi connectivity index (χ3v) is 8.17. The zero-order chi connectivity index (χ0) is 23.7. The summed E-state index contributed by atoms with van der Waals surface area (Å²) < 4.78 is 11.1. The number of likely N-dealkylation sites (tertiary alicyclic amines) is 1. The van der Waals surface area contributed by atoms with Crippen molar-refractivity contribution >= 4 is 23.3 Å². The van der Waals surface area contributed by atoms with Gasteiger partial charge in [-0.1, -0.05) is 23.7 Å². The molecule has 0 bridgehead atoms. The van der Waals surface area contributed by atoms with Gasteiger partial charge in [0.05, 0.1) is 14.2 Å². The number of urea groups is 1. The first-order chi connectivity index (χ1) is 16.5. The molecule has 5 rings (SSSR count). The van der Waals surface area contributed by atoms with Crippen LogP contribution in [0.15, 0.2) is 42.5 Å². The van der Waals surface area contributed by atoms with Gasteiger partial charge in [0.1, 0.15) is 0 Å². The molecule has 1 aliphatic heterocycles. The number of benzene rings is 2. The van der Waals surface area contributed by atoms with Gasteiger partial charge in [-0.3, -0.25) is 4.90 Å². The topological polar surface area (TPSA) is 62.8 Å². The second-order valence-electron chi connectivity index (χ2n) is 10.0. The molecule has 1 heterocycles. The van der Waals surface area contributed by atoms with Crippen molar-refractivity contribution in [1.82, 2.24) is 10.2 Å². The molecular weight excluding hydrogens is 450 g/mol. The summed E-state index contributed by atoms with van der Waals surface area (Å²) in [7, 11) is 3.38. The summed E-state index contributed by atoms with van der Waals surface area (Å²) >= 11 is 6.06. The number of hydrogen-bond donors (Lipinski definition) is 2. The average Bonchev–Trinajstić information content (AvgIpc) is 3.58. The normalized spacial score (nSPS) is 26.6. The lowest BCUT2D eigenvalue weighted by atomic mass is 9.65. The molecular formula is C27H34ClN3O3. The van der Waals surface area contributed by atoms with Crippen LogP contribution < -0.4 is 20.1 Å². The number of carbonyl (C=O) groups is 1. The molecule has 2 saturated carbocycles. The zero-order valence-electron chi connectivity index (χ0n) is 20.0. The first-order valence-corrected chi connectivity index (χ1v) is 12.7. The standard InChI is InChI=1S/C27H34ClN3O3/c1-33-23-9-8-19(14-24(23)34-2)27-11-10-22(16-25(27)31(13-12-27)17-18-6-7-18)30-26(32)29-21-5-3-4-20(28)15-21/h3-5,8-9,14-15,18,22,25H,6-7,10-13,16-17H2,1-2H3,(H2,29,30,32)/t22-,25+,27-/m0/s1. The molecule has 2 aliphatic carbocycles. The number of carbonyl (C=O) groups excluding carboxylic acids is 1. The van der Waals surface area contributed by atoms with Gasteiger partial charge >= 0.3 is 6.03 Å². The van der Waals surface area contributed by atoms with E-state index in [1.165, 1.54) is 24.9 Å². The Kier molecular flexibility index (Phi) is 6.63. The molecule has 0 spiro atoms. The van der Waals surface area contributed by atoms with Crippen molar-refractivity contribution in [3.63, 3.8) is 0 Å². The molecule has 34 heavy (non-hydrogen) atoms. The molecule has 3 atom stereocenters. The maximum atomic E-state index is 12.7. The lowest BCUT2D eigenvalue weighted by molar-refractivity contribution is 0.132. The quantitative estimate of drug-likeness (QED) is 0.549. The van der Waals surface area contributed by atoms with Crippen molar-refractivity contribution in [1.29, 1.82) is 0 Å². The Balaban J connectivity index is 1.34. The summed E-state index contributed by atoms with van der Waals surface area (Å²) in [4.78, 5) is 15.4. The van der Waals surface area contributed by atoms with Gasteiger partial charge in [0, 0.05) is 34.8 Å². The fourth-order valence-electron chi connectivity index (χ4n) is 6.03. The van der Waals surface area contributed by atoms with Crippen molar-refractivity contribution in [3.8, 4) is 11.5 Å². The molecule has 2 amide bonds. The van der Waals surface area contributed by atoms with E-state index in [0.717, 1.165) is 49.6 Å². The molecule has 2 aromatic carbocycles. The van der Waals surface area contributed by atoms with Gasteiger partial charge in [-0.25, -0.2) is 4.79 Å². The smallest absolute Gasteiger partial charge is 0.319 e. The van der Waals surface area contributed by atoms with Gasteiger partial charge in [-0.2, -0.15) is 0 Å². The number of ether oxygens (including phenoxy) is 2. The lowest BCUT2D eigenvalue weighted by Gasteiger charge is -2.45. The van der Waals surface area contributed by atoms with Crippen LogP contribution in [0, 0.1) is 5.92 Å². The van der Waals surface area contributed by atoms with E-state index >= 15 is 0 Å². The maximum absolute atomic E-state index is 12.7. The Morgan fingerprint density at radius 3 is 2.65 bits per heavy atom. The number of hydrogen-bond acceptors (Lipinski definition) is 4. The summed E-state index contributed by atoms with van der Waals surface area (Å²) in [6, 6.07) is 14.0. The molecule has 2 aromatic rings. The molecule has 1 saturated heterocycles. The molecule has 0 aromatic heterocycles. The van der Waals surface area contributed by atoms with Crippen molar-refractivity contribution in [2.45, 2.75) is 56.0 Å². The van der Waals surface area contributed by atoms with E-state index in [-0.39, 0.29) is 17.5 Å². The predicted octanol–water partition coefficient (Wildman–Crippen LogP) is 5.45. The van der Waals surface area contributed by atoms with Crippen LogP contribution in [-0.2, 0) is 5.41 Å². The van der Waals surface area contributed by atoms with E-state index < -0.39 is 0 Å². The van der Waals surface area contributed by atoms with Gasteiger partial charge < -0.3 is 20.1 Å². The highest BCUT2D eigenvalue weighted by Crippen LogP contribution is 2.51. The Bertz CT molecular complexity index is 1040. The van der Waals surface area contributed by atoms with Crippen LogP contribution >= 0.6 is 11.6 Å². The van der Waals surface area contributed by atoms with Gasteiger partial charge in [-0.05, 0) is 86.9 Å². The van der Waals surface area contributed by atoms with Gasteiger partial charge in [0.2, 0.25) is 0 Å². The van der Waals surface area contributed by atoms with Crippen LogP contribution in [0.4, 0.5) is 10.5 Å². The molecule has 3 fully saturated rings. The highest BCUT2D eigenvalue weighted by molar-refractivity contribution is 6.30. The molecule has 7 heteroatoms. The first kappa shape index (κ1) is 23.3. The molecule has 6 nitrogen and oxygen atoms in total. The van der Waals surface area contributed by atoms with E-state index in [0.29, 0.717) is 16.8 Å². The van der Waals surface area contributed by atoms with E-state index in [9.17, 15) is 4.79 Å². The zero-order valence-corrected chi connectivity index (χ0v) is 20.7. The summed E-state index contributed by atoms with van der Waals surface area (Å²) in [5.41, 5.74) is 2.11. The second-order valence-corrected chi connectivity index (χ2v) is 10.4. The van der Waals surface area contributed by atoms with Crippen LogP contribution in [0.3, 0.4) is 0 Å². The van der Waals surface area contributed by atoms with Crippen LogP contribution in [0.2, 0.25) is 5.02 Å². The Morgan fingerprint density at radius 2 is 1.91 bits per heavy atom. The van der Waals surface area contributed by atoms with Crippen LogP contribution in [0.1, 0.15) is 44.1 Å². The average molecular weight is 484 g/mol. The summed E-state index contributed by atoms with van der Waals surface area (Å²) in [5.74, 6) is 2.38. The summed E-state index contributed by atoms with van der Waals surface area (Å²) in [5, 5.41) is 6.78. The van der Waals surface area contributed by atoms with Crippen LogP contribution in [0.5, 0.6) is 11.5 Å². The molecule has 0 unspecified atom stereocenters. The highest BCUT2D eigenvalue weighted by Gasteiger charge is 2.52. The predicted molar refractivity (Wildman–Crippen MR) is 135 cm³/mol. The molecule has 182 valence electrons. The minimum Gasteiger partial charge on any atom is -0.493 e.